The second-order valence-corrected chi connectivity index (χ2v) is 5.31. The van der Waals surface area contributed by atoms with Gasteiger partial charge >= 0.3 is 0 Å². The molecule has 2 aromatic rings. The highest BCUT2D eigenvalue weighted by molar-refractivity contribution is 7.10. The van der Waals surface area contributed by atoms with Crippen LogP contribution in [0, 0.1) is 5.82 Å². The molecule has 0 aliphatic heterocycles. The van der Waals surface area contributed by atoms with Crippen LogP contribution in [0.4, 0.5) is 16.2 Å². The minimum Gasteiger partial charge on any atom is -0.368 e. The van der Waals surface area contributed by atoms with Crippen molar-refractivity contribution in [1.29, 1.82) is 0 Å². The number of aryl methyl sites for hydroxylation is 1. The van der Waals surface area contributed by atoms with Gasteiger partial charge in [-0.15, -0.1) is 11.3 Å². The van der Waals surface area contributed by atoms with E-state index in [-0.39, 0.29) is 17.8 Å². The number of nitrogens with one attached hydrogen (secondary N) is 1. The van der Waals surface area contributed by atoms with Gasteiger partial charge in [0.15, 0.2) is 11.6 Å². The SMILES string of the molecule is Nc1ncc(F)c(NC2CCCc3sccc32)n1. The first-order valence-electron chi connectivity index (χ1n) is 5.85. The maximum Gasteiger partial charge on any atom is 0.222 e. The van der Waals surface area contributed by atoms with Crippen LogP contribution in [0.25, 0.3) is 0 Å². The van der Waals surface area contributed by atoms with Crippen LogP contribution in [-0.4, -0.2) is 9.97 Å². The number of fused-ring (bicyclic) bond motifs is 1. The third-order valence-electron chi connectivity index (χ3n) is 3.13. The van der Waals surface area contributed by atoms with Crippen molar-refractivity contribution in [2.45, 2.75) is 25.3 Å². The third kappa shape index (κ3) is 2.03. The van der Waals surface area contributed by atoms with Gasteiger partial charge in [0.05, 0.1) is 12.2 Å². The summed E-state index contributed by atoms with van der Waals surface area (Å²) in [6.45, 7) is 0. The Labute approximate surface area is 108 Å². The molecule has 0 fully saturated rings. The largest absolute Gasteiger partial charge is 0.368 e. The number of hydrogen-bond acceptors (Lipinski definition) is 5. The molecule has 2 heterocycles. The Balaban J connectivity index is 1.88. The van der Waals surface area contributed by atoms with Crippen molar-refractivity contribution < 1.29 is 4.39 Å². The Morgan fingerprint density at radius 3 is 3.28 bits per heavy atom. The second-order valence-electron chi connectivity index (χ2n) is 4.31. The van der Waals surface area contributed by atoms with Crippen LogP contribution in [-0.2, 0) is 6.42 Å². The molecule has 1 unspecified atom stereocenters. The van der Waals surface area contributed by atoms with Crippen LogP contribution in [0.3, 0.4) is 0 Å². The molecule has 1 aliphatic carbocycles. The number of halogens is 1. The lowest BCUT2D eigenvalue weighted by molar-refractivity contribution is 0.584. The summed E-state index contributed by atoms with van der Waals surface area (Å²) in [5.41, 5.74) is 6.73. The molecule has 18 heavy (non-hydrogen) atoms. The smallest absolute Gasteiger partial charge is 0.222 e. The quantitative estimate of drug-likeness (QED) is 0.875. The van der Waals surface area contributed by atoms with Gasteiger partial charge in [0.25, 0.3) is 0 Å². The molecule has 6 heteroatoms. The molecule has 4 nitrogen and oxygen atoms in total. The number of nitrogens with zero attached hydrogens (tertiary/aromatic N) is 2. The summed E-state index contributed by atoms with van der Waals surface area (Å²) < 4.78 is 13.6. The van der Waals surface area contributed by atoms with Crippen LogP contribution in [0.15, 0.2) is 17.6 Å². The fourth-order valence-electron chi connectivity index (χ4n) is 2.28. The van der Waals surface area contributed by atoms with E-state index in [0.717, 1.165) is 25.5 Å². The molecule has 0 amide bonds. The fraction of sp³-hybridized carbons (Fsp3) is 0.333. The molecule has 0 saturated carbocycles. The average molecular weight is 264 g/mol. The molecular weight excluding hydrogens is 251 g/mol. The Morgan fingerprint density at radius 2 is 2.39 bits per heavy atom. The molecule has 1 atom stereocenters. The van der Waals surface area contributed by atoms with Crippen LogP contribution < -0.4 is 11.1 Å². The summed E-state index contributed by atoms with van der Waals surface area (Å²) in [5.74, 6) is -0.196. The molecule has 3 N–H and O–H groups in total. The van der Waals surface area contributed by atoms with Crippen molar-refractivity contribution in [3.63, 3.8) is 0 Å². The minimum atomic E-state index is -0.466. The Kier molecular flexibility index (Phi) is 2.87. The van der Waals surface area contributed by atoms with Gasteiger partial charge in [-0.3, -0.25) is 0 Å². The van der Waals surface area contributed by atoms with Gasteiger partial charge in [0.1, 0.15) is 0 Å². The van der Waals surface area contributed by atoms with Crippen LogP contribution in [0.1, 0.15) is 29.3 Å². The number of aromatic nitrogens is 2. The van der Waals surface area contributed by atoms with Crippen molar-refractivity contribution in [3.05, 3.63) is 33.9 Å². The van der Waals surface area contributed by atoms with E-state index in [1.807, 2.05) is 0 Å². The van der Waals surface area contributed by atoms with Gasteiger partial charge in [-0.2, -0.15) is 4.98 Å². The van der Waals surface area contributed by atoms with E-state index in [1.165, 1.54) is 10.4 Å². The maximum absolute atomic E-state index is 13.6. The van der Waals surface area contributed by atoms with E-state index in [0.29, 0.717) is 0 Å². The van der Waals surface area contributed by atoms with Crippen LogP contribution in [0.5, 0.6) is 0 Å². The normalized spacial score (nSPS) is 18.4. The second kappa shape index (κ2) is 4.53. The number of rotatable bonds is 2. The topological polar surface area (TPSA) is 63.8 Å². The predicted molar refractivity (Wildman–Crippen MR) is 70.0 cm³/mol. The van der Waals surface area contributed by atoms with Crippen molar-refractivity contribution in [1.82, 2.24) is 9.97 Å². The predicted octanol–water partition coefficient (Wildman–Crippen LogP) is 2.75. The number of anilines is 2. The Bertz CT molecular complexity index is 569. The first-order chi connectivity index (χ1) is 8.74. The van der Waals surface area contributed by atoms with E-state index in [4.69, 9.17) is 5.73 Å². The first-order valence-corrected chi connectivity index (χ1v) is 6.73. The summed E-state index contributed by atoms with van der Waals surface area (Å²) in [6, 6.07) is 2.21. The van der Waals surface area contributed by atoms with E-state index in [9.17, 15) is 4.39 Å². The number of thiophene rings is 1. The van der Waals surface area contributed by atoms with E-state index in [1.54, 1.807) is 11.3 Å². The van der Waals surface area contributed by atoms with Gasteiger partial charge in [-0.05, 0) is 36.3 Å². The zero-order chi connectivity index (χ0) is 12.5. The molecule has 94 valence electrons. The molecule has 0 radical (unpaired) electrons. The molecule has 0 spiro atoms. The standard InChI is InChI=1S/C12H13FN4S/c13-8-6-15-12(14)17-11(8)16-9-2-1-3-10-7(9)4-5-18-10/h4-6,9H,1-3H2,(H3,14,15,16,17). The lowest BCUT2D eigenvalue weighted by atomic mass is 9.94. The van der Waals surface area contributed by atoms with Gasteiger partial charge in [-0.1, -0.05) is 0 Å². The van der Waals surface area contributed by atoms with Gasteiger partial charge in [0.2, 0.25) is 5.95 Å². The molecule has 3 rings (SSSR count). The lowest BCUT2D eigenvalue weighted by Crippen LogP contribution is -2.17. The first kappa shape index (κ1) is 11.4. The molecule has 0 bridgehead atoms. The van der Waals surface area contributed by atoms with Gasteiger partial charge in [-0.25, -0.2) is 9.37 Å². The Hall–Kier alpha value is -1.69. The number of nitrogen functional groups attached to an aromatic ring is 1. The zero-order valence-electron chi connectivity index (χ0n) is 9.69. The van der Waals surface area contributed by atoms with Gasteiger partial charge < -0.3 is 11.1 Å². The summed E-state index contributed by atoms with van der Waals surface area (Å²) in [6.07, 6.45) is 4.29. The third-order valence-corrected chi connectivity index (χ3v) is 4.12. The molecular formula is C12H13FN4S. The molecule has 0 saturated heterocycles. The highest BCUT2D eigenvalue weighted by Gasteiger charge is 2.22. The van der Waals surface area contributed by atoms with Crippen LogP contribution in [0.2, 0.25) is 0 Å². The maximum atomic E-state index is 13.6. The monoisotopic (exact) mass is 264 g/mol. The zero-order valence-corrected chi connectivity index (χ0v) is 10.5. The highest BCUT2D eigenvalue weighted by Crippen LogP contribution is 2.35. The minimum absolute atomic E-state index is 0.0836. The van der Waals surface area contributed by atoms with E-state index in [2.05, 4.69) is 26.7 Å². The molecule has 2 aromatic heterocycles. The average Bonchev–Trinajstić information content (AvgIpc) is 2.83. The highest BCUT2D eigenvalue weighted by atomic mass is 32.1. The van der Waals surface area contributed by atoms with Crippen molar-refractivity contribution in [3.8, 4) is 0 Å². The summed E-state index contributed by atoms with van der Waals surface area (Å²) in [4.78, 5) is 8.90. The summed E-state index contributed by atoms with van der Waals surface area (Å²) in [5, 5.41) is 5.21. The van der Waals surface area contributed by atoms with Crippen molar-refractivity contribution >= 4 is 23.1 Å². The summed E-state index contributed by atoms with van der Waals surface area (Å²) in [7, 11) is 0. The van der Waals surface area contributed by atoms with Crippen molar-refractivity contribution in [2.75, 3.05) is 11.1 Å². The molecule has 1 aliphatic rings. The van der Waals surface area contributed by atoms with Crippen molar-refractivity contribution in [2.24, 2.45) is 0 Å². The van der Waals surface area contributed by atoms with Crippen LogP contribution >= 0.6 is 11.3 Å². The van der Waals surface area contributed by atoms with E-state index >= 15 is 0 Å². The number of hydrogen-bond donors (Lipinski definition) is 2. The number of nitrogens with two attached hydrogens (primary N) is 1. The fourth-order valence-corrected chi connectivity index (χ4v) is 3.27. The Morgan fingerprint density at radius 1 is 1.50 bits per heavy atom. The lowest BCUT2D eigenvalue weighted by Gasteiger charge is -2.24. The van der Waals surface area contributed by atoms with Gasteiger partial charge in [0, 0.05) is 4.88 Å². The summed E-state index contributed by atoms with van der Waals surface area (Å²) >= 11 is 1.76. The van der Waals surface area contributed by atoms with E-state index < -0.39 is 5.82 Å². The molecule has 0 aromatic carbocycles.